The number of carbonyl (C=O) groups is 2. The number of hydrogen-bond acceptors (Lipinski definition) is 6. The van der Waals surface area contributed by atoms with Gasteiger partial charge in [0, 0.05) is 25.1 Å². The van der Waals surface area contributed by atoms with Crippen molar-refractivity contribution in [2.75, 3.05) is 18.8 Å². The van der Waals surface area contributed by atoms with Crippen LogP contribution in [0, 0.1) is 0 Å². The predicted molar refractivity (Wildman–Crippen MR) is 117 cm³/mol. The highest BCUT2D eigenvalue weighted by molar-refractivity contribution is 7.85. The minimum absolute atomic E-state index is 0.111. The van der Waals surface area contributed by atoms with E-state index in [0.29, 0.717) is 30.6 Å². The van der Waals surface area contributed by atoms with Crippen LogP contribution in [-0.4, -0.2) is 43.6 Å². The number of hydrogen-bond donors (Lipinski definition) is 3. The van der Waals surface area contributed by atoms with E-state index in [1.807, 2.05) is 30.3 Å². The maximum atomic E-state index is 12.2. The topological polar surface area (TPSA) is 137 Å². The van der Waals surface area contributed by atoms with Crippen molar-refractivity contribution in [3.05, 3.63) is 60.2 Å². The van der Waals surface area contributed by atoms with Crippen molar-refractivity contribution >= 4 is 33.3 Å². The minimum Gasteiger partial charge on any atom is -0.355 e. The van der Waals surface area contributed by atoms with Gasteiger partial charge in [-0.25, -0.2) is 0 Å². The average Bonchev–Trinajstić information content (AvgIpc) is 2.74. The molecule has 2 amide bonds. The molecule has 0 aromatic heterocycles. The first kappa shape index (κ1) is 24.2. The Bertz CT molecular complexity index is 977. The molecule has 10 heteroatoms. The molecule has 2 rings (SSSR count). The Morgan fingerprint density at radius 2 is 1.45 bits per heavy atom. The quantitative estimate of drug-likeness (QED) is 0.261. The maximum Gasteiger partial charge on any atom is 0.266 e. The zero-order chi connectivity index (χ0) is 22.5. The van der Waals surface area contributed by atoms with E-state index in [-0.39, 0.29) is 24.8 Å². The molecule has 0 unspecified atom stereocenters. The summed E-state index contributed by atoms with van der Waals surface area (Å²) in [4.78, 5) is 23.7. The Hall–Kier alpha value is -3.11. The van der Waals surface area contributed by atoms with Gasteiger partial charge < -0.3 is 10.6 Å². The Balaban J connectivity index is 1.61. The molecule has 0 bridgehead atoms. The van der Waals surface area contributed by atoms with Gasteiger partial charge in [0.15, 0.2) is 0 Å². The number of rotatable bonds is 12. The molecule has 31 heavy (non-hydrogen) atoms. The first-order valence-corrected chi connectivity index (χ1v) is 11.5. The smallest absolute Gasteiger partial charge is 0.266 e. The number of carbonyl (C=O) groups excluding carboxylic acids is 2. The van der Waals surface area contributed by atoms with E-state index in [2.05, 4.69) is 20.9 Å². The summed E-state index contributed by atoms with van der Waals surface area (Å²) in [5.41, 5.74) is 1.92. The van der Waals surface area contributed by atoms with Gasteiger partial charge in [0.1, 0.15) is 0 Å². The molecule has 0 saturated carbocycles. The highest BCUT2D eigenvalue weighted by Gasteiger charge is 2.07. The summed E-state index contributed by atoms with van der Waals surface area (Å²) in [6, 6.07) is 16.2. The van der Waals surface area contributed by atoms with Gasteiger partial charge in [-0.1, -0.05) is 24.6 Å². The molecular weight excluding hydrogens is 420 g/mol. The maximum absolute atomic E-state index is 12.2. The van der Waals surface area contributed by atoms with Gasteiger partial charge in [0.05, 0.1) is 17.1 Å². The summed E-state index contributed by atoms with van der Waals surface area (Å²) in [6.07, 6.45) is 2.34. The van der Waals surface area contributed by atoms with Crippen LogP contribution in [0.2, 0.25) is 0 Å². The van der Waals surface area contributed by atoms with Crippen LogP contribution < -0.4 is 10.6 Å². The average molecular weight is 447 g/mol. The second kappa shape index (κ2) is 12.6. The van der Waals surface area contributed by atoms with Gasteiger partial charge in [-0.2, -0.15) is 18.6 Å². The Kier molecular flexibility index (Phi) is 9.79. The van der Waals surface area contributed by atoms with E-state index in [9.17, 15) is 18.0 Å². The molecule has 166 valence electrons. The van der Waals surface area contributed by atoms with Crippen LogP contribution >= 0.6 is 0 Å². The largest absolute Gasteiger partial charge is 0.355 e. The summed E-state index contributed by atoms with van der Waals surface area (Å²) in [7, 11) is -4.07. The fourth-order valence-corrected chi connectivity index (χ4v) is 2.95. The second-order valence-electron chi connectivity index (χ2n) is 6.78. The fourth-order valence-electron chi connectivity index (χ4n) is 2.59. The van der Waals surface area contributed by atoms with E-state index in [1.54, 1.807) is 24.3 Å². The third kappa shape index (κ3) is 10.5. The van der Waals surface area contributed by atoms with E-state index < -0.39 is 15.9 Å². The third-order valence-electron chi connectivity index (χ3n) is 4.21. The summed E-state index contributed by atoms with van der Waals surface area (Å²) >= 11 is 0. The molecular formula is C21H26N4O5S. The van der Waals surface area contributed by atoms with Crippen LogP contribution in [0.15, 0.2) is 64.8 Å². The summed E-state index contributed by atoms with van der Waals surface area (Å²) in [6.45, 7) is 0.374. The van der Waals surface area contributed by atoms with Crippen molar-refractivity contribution in [1.82, 2.24) is 10.6 Å². The lowest BCUT2D eigenvalue weighted by Gasteiger charge is -2.06. The van der Waals surface area contributed by atoms with Crippen LogP contribution in [0.25, 0.3) is 0 Å². The van der Waals surface area contributed by atoms with E-state index >= 15 is 0 Å². The number of amides is 2. The van der Waals surface area contributed by atoms with Crippen LogP contribution in [-0.2, 0) is 14.9 Å². The second-order valence-corrected chi connectivity index (χ2v) is 8.36. The number of nitrogens with zero attached hydrogens (tertiary/aromatic N) is 2. The highest BCUT2D eigenvalue weighted by Crippen LogP contribution is 2.18. The molecule has 0 spiro atoms. The molecule has 0 atom stereocenters. The standard InChI is InChI=1S/C21H26N4O5S/c26-20(22-15-16-31(28,29)30)9-5-2-6-14-23-21(27)17-10-12-19(13-11-17)25-24-18-7-3-1-4-8-18/h1,3-4,7-8,10-13H,2,5-6,9,14-16H2,(H,22,26)(H,23,27)(H,28,29,30). The van der Waals surface area contributed by atoms with Gasteiger partial charge in [-0.15, -0.1) is 0 Å². The molecule has 0 aliphatic rings. The zero-order valence-electron chi connectivity index (χ0n) is 17.0. The summed E-state index contributed by atoms with van der Waals surface area (Å²) < 4.78 is 29.7. The molecule has 3 N–H and O–H groups in total. The molecule has 0 aliphatic carbocycles. The molecule has 0 radical (unpaired) electrons. The first-order valence-electron chi connectivity index (χ1n) is 9.90. The molecule has 0 saturated heterocycles. The highest BCUT2D eigenvalue weighted by atomic mass is 32.2. The van der Waals surface area contributed by atoms with Gasteiger partial charge in [-0.05, 0) is 49.2 Å². The van der Waals surface area contributed by atoms with Crippen LogP contribution in [0.1, 0.15) is 36.0 Å². The van der Waals surface area contributed by atoms with Crippen molar-refractivity contribution < 1.29 is 22.6 Å². The van der Waals surface area contributed by atoms with Gasteiger partial charge in [0.2, 0.25) is 5.91 Å². The van der Waals surface area contributed by atoms with Gasteiger partial charge in [0.25, 0.3) is 16.0 Å². The summed E-state index contributed by atoms with van der Waals surface area (Å²) in [5.74, 6) is -0.951. The van der Waals surface area contributed by atoms with Crippen molar-refractivity contribution in [2.24, 2.45) is 10.2 Å². The number of benzene rings is 2. The molecule has 0 aliphatic heterocycles. The van der Waals surface area contributed by atoms with Crippen LogP contribution in [0.3, 0.4) is 0 Å². The lowest BCUT2D eigenvalue weighted by molar-refractivity contribution is -0.121. The first-order chi connectivity index (χ1) is 14.8. The number of nitrogens with one attached hydrogen (secondary N) is 2. The molecule has 0 fully saturated rings. The third-order valence-corrected chi connectivity index (χ3v) is 4.94. The zero-order valence-corrected chi connectivity index (χ0v) is 17.8. The normalized spacial score (nSPS) is 11.4. The van der Waals surface area contributed by atoms with Gasteiger partial charge in [-0.3, -0.25) is 14.1 Å². The van der Waals surface area contributed by atoms with Crippen molar-refractivity contribution in [3.8, 4) is 0 Å². The fraction of sp³-hybridized carbons (Fsp3) is 0.333. The molecule has 2 aromatic rings. The minimum atomic E-state index is -4.07. The Labute approximate surface area is 181 Å². The predicted octanol–water partition coefficient (Wildman–Crippen LogP) is 3.40. The number of azo groups is 1. The van der Waals surface area contributed by atoms with Gasteiger partial charge >= 0.3 is 0 Å². The lowest BCUT2D eigenvalue weighted by Crippen LogP contribution is -2.28. The van der Waals surface area contributed by atoms with Crippen LogP contribution in [0.5, 0.6) is 0 Å². The van der Waals surface area contributed by atoms with Crippen molar-refractivity contribution in [2.45, 2.75) is 25.7 Å². The molecule has 0 heterocycles. The summed E-state index contributed by atoms with van der Waals surface area (Å²) in [5, 5.41) is 13.5. The van der Waals surface area contributed by atoms with E-state index in [1.165, 1.54) is 0 Å². The SMILES string of the molecule is O=C(CCCCCNC(=O)c1ccc(N=Nc2ccccc2)cc1)NCCS(=O)(=O)O. The van der Waals surface area contributed by atoms with Crippen LogP contribution in [0.4, 0.5) is 11.4 Å². The van der Waals surface area contributed by atoms with E-state index in [0.717, 1.165) is 12.1 Å². The number of unbranched alkanes of at least 4 members (excludes halogenated alkanes) is 2. The monoisotopic (exact) mass is 446 g/mol. The lowest BCUT2D eigenvalue weighted by atomic mass is 10.1. The van der Waals surface area contributed by atoms with E-state index in [4.69, 9.17) is 4.55 Å². The molecule has 2 aromatic carbocycles. The van der Waals surface area contributed by atoms with Crippen molar-refractivity contribution in [1.29, 1.82) is 0 Å². The Morgan fingerprint density at radius 1 is 0.806 bits per heavy atom. The Morgan fingerprint density at radius 3 is 2.10 bits per heavy atom. The van der Waals surface area contributed by atoms with Crippen molar-refractivity contribution in [3.63, 3.8) is 0 Å². The molecule has 9 nitrogen and oxygen atoms in total.